The van der Waals surface area contributed by atoms with E-state index in [1.807, 2.05) is 31.2 Å². The molecule has 1 amide bonds. The Morgan fingerprint density at radius 1 is 1.19 bits per heavy atom. The Hall–Kier alpha value is -3.06. The molecule has 0 atom stereocenters. The van der Waals surface area contributed by atoms with E-state index >= 15 is 0 Å². The molecule has 0 aliphatic rings. The number of carboxylic acids is 1. The predicted molar refractivity (Wildman–Crippen MR) is 103 cm³/mol. The van der Waals surface area contributed by atoms with Gasteiger partial charge in [-0.25, -0.2) is 4.98 Å². The van der Waals surface area contributed by atoms with Gasteiger partial charge in [0.25, 0.3) is 0 Å². The molecule has 0 bridgehead atoms. The molecule has 0 aliphatic carbocycles. The van der Waals surface area contributed by atoms with Crippen LogP contribution in [0.25, 0.3) is 10.9 Å². The molecule has 0 fully saturated rings. The molecule has 0 aliphatic heterocycles. The number of nitrogens with zero attached hydrogens (tertiary/aromatic N) is 1. The highest BCUT2D eigenvalue weighted by Crippen LogP contribution is 2.26. The number of carbonyl (C=O) groups is 2. The van der Waals surface area contributed by atoms with Crippen LogP contribution in [0.5, 0.6) is 5.75 Å². The van der Waals surface area contributed by atoms with E-state index in [2.05, 4.69) is 10.3 Å². The van der Waals surface area contributed by atoms with Crippen LogP contribution < -0.4 is 15.2 Å². The Labute approximate surface area is 160 Å². The molecule has 1 N–H and O–H groups in total. The Morgan fingerprint density at radius 2 is 2.00 bits per heavy atom. The lowest BCUT2D eigenvalue weighted by atomic mass is 10.1. The van der Waals surface area contributed by atoms with Crippen LogP contribution in [0.15, 0.2) is 53.6 Å². The van der Waals surface area contributed by atoms with E-state index < -0.39 is 5.97 Å². The van der Waals surface area contributed by atoms with Gasteiger partial charge in [-0.15, -0.1) is 0 Å². The molecular formula is C20H17N2O4S-. The van der Waals surface area contributed by atoms with E-state index in [9.17, 15) is 14.7 Å². The lowest BCUT2D eigenvalue weighted by Gasteiger charge is -2.09. The van der Waals surface area contributed by atoms with Crippen molar-refractivity contribution in [2.24, 2.45) is 0 Å². The standard InChI is InChI=1S/C20H18N2O4S/c1-12-8-19(22-17-10-15(26-2)6-7-16(12)17)27-11-18(23)21-14-5-3-4-13(9-14)20(24)25/h3-10H,11H2,1-2H3,(H,21,23)(H,24,25)/p-1. The van der Waals surface area contributed by atoms with E-state index in [1.165, 1.54) is 23.9 Å². The Kier molecular flexibility index (Phi) is 5.61. The zero-order chi connectivity index (χ0) is 19.4. The Bertz CT molecular complexity index is 1020. The third-order valence-electron chi connectivity index (χ3n) is 3.93. The summed E-state index contributed by atoms with van der Waals surface area (Å²) in [5, 5.41) is 15.3. The Balaban J connectivity index is 1.69. The number of fused-ring (bicyclic) bond motifs is 1. The van der Waals surface area contributed by atoms with Crippen LogP contribution in [-0.4, -0.2) is 29.7 Å². The summed E-state index contributed by atoms with van der Waals surface area (Å²) < 4.78 is 5.24. The number of aromatic carboxylic acids is 1. The summed E-state index contributed by atoms with van der Waals surface area (Å²) in [6.07, 6.45) is 0. The maximum atomic E-state index is 12.2. The van der Waals surface area contributed by atoms with E-state index in [-0.39, 0.29) is 17.2 Å². The van der Waals surface area contributed by atoms with Crippen LogP contribution in [0.2, 0.25) is 0 Å². The molecule has 1 aromatic heterocycles. The first-order valence-corrected chi connectivity index (χ1v) is 9.14. The van der Waals surface area contributed by atoms with E-state index in [0.29, 0.717) is 5.69 Å². The van der Waals surface area contributed by atoms with Gasteiger partial charge < -0.3 is 20.0 Å². The van der Waals surface area contributed by atoms with Crippen molar-refractivity contribution in [2.45, 2.75) is 11.9 Å². The number of ether oxygens (including phenoxy) is 1. The SMILES string of the molecule is COc1ccc2c(C)cc(SCC(=O)Nc3cccc(C(=O)[O-])c3)nc2c1. The van der Waals surface area contributed by atoms with E-state index in [1.54, 1.807) is 19.2 Å². The summed E-state index contributed by atoms with van der Waals surface area (Å²) in [6, 6.07) is 13.6. The van der Waals surface area contributed by atoms with Gasteiger partial charge in [0, 0.05) is 17.1 Å². The molecule has 0 unspecified atom stereocenters. The highest BCUT2D eigenvalue weighted by Gasteiger charge is 2.08. The highest BCUT2D eigenvalue weighted by atomic mass is 32.2. The van der Waals surface area contributed by atoms with Gasteiger partial charge in [-0.3, -0.25) is 4.79 Å². The smallest absolute Gasteiger partial charge is 0.234 e. The maximum absolute atomic E-state index is 12.2. The van der Waals surface area contributed by atoms with E-state index in [4.69, 9.17) is 4.74 Å². The minimum absolute atomic E-state index is 0.0150. The first kappa shape index (κ1) is 18.7. The van der Waals surface area contributed by atoms with Gasteiger partial charge >= 0.3 is 0 Å². The fourth-order valence-corrected chi connectivity index (χ4v) is 3.39. The van der Waals surface area contributed by atoms with Gasteiger partial charge in [0.05, 0.1) is 29.4 Å². The molecular weight excluding hydrogens is 364 g/mol. The number of aromatic nitrogens is 1. The minimum atomic E-state index is -1.29. The second-order valence-electron chi connectivity index (χ2n) is 5.87. The normalized spacial score (nSPS) is 10.6. The molecule has 3 rings (SSSR count). The van der Waals surface area contributed by atoms with Crippen molar-refractivity contribution in [1.82, 2.24) is 4.98 Å². The van der Waals surface area contributed by atoms with Gasteiger partial charge in [0.2, 0.25) is 5.91 Å². The largest absolute Gasteiger partial charge is 0.545 e. The first-order chi connectivity index (χ1) is 13.0. The summed E-state index contributed by atoms with van der Waals surface area (Å²) in [7, 11) is 1.60. The number of amides is 1. The average Bonchev–Trinajstić information content (AvgIpc) is 2.66. The second kappa shape index (κ2) is 8.09. The fourth-order valence-electron chi connectivity index (χ4n) is 2.61. The average molecular weight is 381 g/mol. The molecule has 6 nitrogen and oxygen atoms in total. The summed E-state index contributed by atoms with van der Waals surface area (Å²) in [6.45, 7) is 1.99. The zero-order valence-electron chi connectivity index (χ0n) is 14.8. The van der Waals surface area contributed by atoms with Crippen LogP contribution >= 0.6 is 11.8 Å². The van der Waals surface area contributed by atoms with Gasteiger partial charge in [0.1, 0.15) is 5.75 Å². The van der Waals surface area contributed by atoms with Crippen LogP contribution in [0, 0.1) is 6.92 Å². The number of methoxy groups -OCH3 is 1. The van der Waals surface area contributed by atoms with Crippen molar-refractivity contribution in [3.05, 3.63) is 59.7 Å². The minimum Gasteiger partial charge on any atom is -0.545 e. The van der Waals surface area contributed by atoms with Crippen LogP contribution in [0.1, 0.15) is 15.9 Å². The molecule has 0 saturated carbocycles. The van der Waals surface area contributed by atoms with Gasteiger partial charge in [-0.05, 0) is 48.4 Å². The molecule has 2 aromatic carbocycles. The lowest BCUT2D eigenvalue weighted by molar-refractivity contribution is -0.255. The number of hydrogen-bond donors (Lipinski definition) is 1. The van der Waals surface area contributed by atoms with Gasteiger partial charge in [-0.2, -0.15) is 0 Å². The topological polar surface area (TPSA) is 91.3 Å². The van der Waals surface area contributed by atoms with Crippen LogP contribution in [0.4, 0.5) is 5.69 Å². The number of benzene rings is 2. The third kappa shape index (κ3) is 4.57. The summed E-state index contributed by atoms with van der Waals surface area (Å²) >= 11 is 1.31. The molecule has 0 saturated heterocycles. The second-order valence-corrected chi connectivity index (χ2v) is 6.86. The lowest BCUT2D eigenvalue weighted by Crippen LogP contribution is -2.22. The van der Waals surface area contributed by atoms with Crippen molar-refractivity contribution in [3.8, 4) is 5.75 Å². The number of carboxylic acid groups (broad SMARTS) is 1. The number of anilines is 1. The van der Waals surface area contributed by atoms with Crippen molar-refractivity contribution in [1.29, 1.82) is 0 Å². The fraction of sp³-hybridized carbons (Fsp3) is 0.150. The van der Waals surface area contributed by atoms with Crippen molar-refractivity contribution >= 4 is 40.2 Å². The maximum Gasteiger partial charge on any atom is 0.234 e. The highest BCUT2D eigenvalue weighted by molar-refractivity contribution is 7.99. The van der Waals surface area contributed by atoms with Gasteiger partial charge in [0.15, 0.2) is 0 Å². The number of rotatable bonds is 6. The summed E-state index contributed by atoms with van der Waals surface area (Å²) in [4.78, 5) is 27.6. The van der Waals surface area contributed by atoms with Crippen LogP contribution in [-0.2, 0) is 4.79 Å². The van der Waals surface area contributed by atoms with Gasteiger partial charge in [-0.1, -0.05) is 23.9 Å². The number of pyridine rings is 1. The molecule has 27 heavy (non-hydrogen) atoms. The van der Waals surface area contributed by atoms with Crippen molar-refractivity contribution in [2.75, 3.05) is 18.2 Å². The van der Waals surface area contributed by atoms with Crippen molar-refractivity contribution < 1.29 is 19.4 Å². The quantitative estimate of drug-likeness (QED) is 0.660. The third-order valence-corrected chi connectivity index (χ3v) is 4.84. The number of nitrogens with one attached hydrogen (secondary N) is 1. The number of aryl methyl sites for hydroxylation is 1. The molecule has 3 aromatic rings. The van der Waals surface area contributed by atoms with Crippen molar-refractivity contribution in [3.63, 3.8) is 0 Å². The molecule has 0 spiro atoms. The number of carbonyl (C=O) groups excluding carboxylic acids is 2. The first-order valence-electron chi connectivity index (χ1n) is 8.16. The molecule has 0 radical (unpaired) electrons. The molecule has 7 heteroatoms. The monoisotopic (exact) mass is 381 g/mol. The molecule has 1 heterocycles. The number of hydrogen-bond acceptors (Lipinski definition) is 6. The molecule has 138 valence electrons. The summed E-state index contributed by atoms with van der Waals surface area (Å²) in [5.41, 5.74) is 2.29. The summed E-state index contributed by atoms with van der Waals surface area (Å²) in [5.74, 6) is -0.660. The van der Waals surface area contributed by atoms with Crippen LogP contribution in [0.3, 0.4) is 0 Å². The predicted octanol–water partition coefficient (Wildman–Crippen LogP) is 2.65. The van der Waals surface area contributed by atoms with E-state index in [0.717, 1.165) is 27.2 Å². The Morgan fingerprint density at radius 3 is 2.74 bits per heavy atom. The number of thioether (sulfide) groups is 1. The zero-order valence-corrected chi connectivity index (χ0v) is 15.6.